The molecule has 0 aromatic carbocycles. The van der Waals surface area contributed by atoms with Crippen LogP contribution in [0, 0.1) is 0 Å². The molecule has 0 fully saturated rings. The molecular formula is C11H20N2O3. The largest absolute Gasteiger partial charge is 0.445 e. The highest BCUT2D eigenvalue weighted by Gasteiger charge is 2.09. The summed E-state index contributed by atoms with van der Waals surface area (Å²) >= 11 is 0. The van der Waals surface area contributed by atoms with Crippen molar-refractivity contribution in [2.45, 2.75) is 32.9 Å². The predicted octanol–water partition coefficient (Wildman–Crippen LogP) is 1.59. The van der Waals surface area contributed by atoms with Crippen molar-refractivity contribution in [1.29, 1.82) is 0 Å². The van der Waals surface area contributed by atoms with Crippen molar-refractivity contribution >= 4 is 0 Å². The number of hydrogen-bond acceptors (Lipinski definition) is 5. The summed E-state index contributed by atoms with van der Waals surface area (Å²) in [7, 11) is 1.63. The van der Waals surface area contributed by atoms with E-state index in [0.717, 1.165) is 18.7 Å². The van der Waals surface area contributed by atoms with Crippen LogP contribution in [-0.2, 0) is 11.3 Å². The minimum absolute atomic E-state index is 0.0555. The van der Waals surface area contributed by atoms with Crippen LogP contribution >= 0.6 is 0 Å². The standard InChI is InChI=1S/C11H20N2O3/c1-4-5-12-6-10-8-15-11(13-10)16-9(2)7-14-3/h8-9,12H,4-7H2,1-3H3. The van der Waals surface area contributed by atoms with Crippen LogP contribution in [0.15, 0.2) is 10.7 Å². The minimum Gasteiger partial charge on any atom is -0.445 e. The molecule has 0 radical (unpaired) electrons. The van der Waals surface area contributed by atoms with Gasteiger partial charge in [0.1, 0.15) is 12.4 Å². The molecular weight excluding hydrogens is 208 g/mol. The number of hydrogen-bond donors (Lipinski definition) is 1. The van der Waals surface area contributed by atoms with Crippen LogP contribution < -0.4 is 10.1 Å². The molecule has 1 atom stereocenters. The van der Waals surface area contributed by atoms with Gasteiger partial charge in [0.2, 0.25) is 0 Å². The van der Waals surface area contributed by atoms with Gasteiger partial charge in [-0.15, -0.1) is 0 Å². The fraction of sp³-hybridized carbons (Fsp3) is 0.727. The van der Waals surface area contributed by atoms with Crippen molar-refractivity contribution < 1.29 is 13.9 Å². The van der Waals surface area contributed by atoms with E-state index < -0.39 is 0 Å². The molecule has 0 spiro atoms. The lowest BCUT2D eigenvalue weighted by atomic mass is 10.4. The van der Waals surface area contributed by atoms with Crippen LogP contribution in [0.4, 0.5) is 0 Å². The van der Waals surface area contributed by atoms with E-state index in [1.54, 1.807) is 13.4 Å². The summed E-state index contributed by atoms with van der Waals surface area (Å²) in [6, 6.07) is 0. The van der Waals surface area contributed by atoms with Crippen molar-refractivity contribution in [3.8, 4) is 6.08 Å². The Hall–Kier alpha value is -1.07. The highest BCUT2D eigenvalue weighted by molar-refractivity contribution is 4.99. The van der Waals surface area contributed by atoms with Gasteiger partial charge in [0, 0.05) is 13.7 Å². The number of aromatic nitrogens is 1. The highest BCUT2D eigenvalue weighted by atomic mass is 16.6. The van der Waals surface area contributed by atoms with Crippen LogP contribution in [0.2, 0.25) is 0 Å². The molecule has 5 nitrogen and oxygen atoms in total. The number of ether oxygens (including phenoxy) is 2. The van der Waals surface area contributed by atoms with E-state index in [9.17, 15) is 0 Å². The maximum atomic E-state index is 5.41. The second-order valence-corrected chi connectivity index (χ2v) is 3.67. The summed E-state index contributed by atoms with van der Waals surface area (Å²) in [6.07, 6.45) is 2.96. The van der Waals surface area contributed by atoms with Crippen molar-refractivity contribution in [2.75, 3.05) is 20.3 Å². The maximum Gasteiger partial charge on any atom is 0.394 e. The number of oxazole rings is 1. The third kappa shape index (κ3) is 4.63. The van der Waals surface area contributed by atoms with Crippen molar-refractivity contribution in [3.05, 3.63) is 12.0 Å². The molecule has 0 saturated carbocycles. The van der Waals surface area contributed by atoms with Gasteiger partial charge < -0.3 is 19.2 Å². The van der Waals surface area contributed by atoms with Crippen LogP contribution in [0.3, 0.4) is 0 Å². The minimum atomic E-state index is -0.0555. The summed E-state index contributed by atoms with van der Waals surface area (Å²) in [5.41, 5.74) is 0.855. The second-order valence-electron chi connectivity index (χ2n) is 3.67. The highest BCUT2D eigenvalue weighted by Crippen LogP contribution is 2.11. The predicted molar refractivity (Wildman–Crippen MR) is 60.5 cm³/mol. The molecule has 1 aromatic heterocycles. The molecule has 16 heavy (non-hydrogen) atoms. The van der Waals surface area contributed by atoms with Crippen molar-refractivity contribution in [3.63, 3.8) is 0 Å². The Balaban J connectivity index is 2.33. The van der Waals surface area contributed by atoms with Gasteiger partial charge in [-0.2, -0.15) is 4.98 Å². The lowest BCUT2D eigenvalue weighted by Gasteiger charge is -2.08. The maximum absolute atomic E-state index is 5.41. The molecule has 1 heterocycles. The normalized spacial score (nSPS) is 12.7. The van der Waals surface area contributed by atoms with Gasteiger partial charge in [-0.3, -0.25) is 0 Å². The smallest absolute Gasteiger partial charge is 0.394 e. The van der Waals surface area contributed by atoms with Gasteiger partial charge in [0.25, 0.3) is 0 Å². The van der Waals surface area contributed by atoms with Crippen LogP contribution in [0.1, 0.15) is 26.0 Å². The molecule has 0 aliphatic carbocycles. The van der Waals surface area contributed by atoms with Gasteiger partial charge in [-0.1, -0.05) is 6.92 Å². The first kappa shape index (κ1) is 13.0. The molecule has 0 saturated heterocycles. The van der Waals surface area contributed by atoms with Crippen LogP contribution in [-0.4, -0.2) is 31.3 Å². The van der Waals surface area contributed by atoms with Crippen LogP contribution in [0.5, 0.6) is 6.08 Å². The lowest BCUT2D eigenvalue weighted by molar-refractivity contribution is 0.0705. The Bertz CT molecular complexity index is 289. The van der Waals surface area contributed by atoms with E-state index in [1.807, 2.05) is 6.92 Å². The van der Waals surface area contributed by atoms with Gasteiger partial charge in [0.15, 0.2) is 0 Å². The van der Waals surface area contributed by atoms with Gasteiger partial charge >= 0.3 is 6.08 Å². The summed E-state index contributed by atoms with van der Waals surface area (Å²) in [4.78, 5) is 4.20. The molecule has 0 aliphatic rings. The van der Waals surface area contributed by atoms with E-state index >= 15 is 0 Å². The van der Waals surface area contributed by atoms with Crippen molar-refractivity contribution in [2.24, 2.45) is 0 Å². The Morgan fingerprint density at radius 3 is 3.06 bits per heavy atom. The molecule has 1 aromatic rings. The van der Waals surface area contributed by atoms with E-state index in [1.165, 1.54) is 0 Å². The van der Waals surface area contributed by atoms with Crippen LogP contribution in [0.25, 0.3) is 0 Å². The number of rotatable bonds is 8. The van der Waals surface area contributed by atoms with Gasteiger partial charge in [0.05, 0.1) is 12.3 Å². The zero-order valence-electron chi connectivity index (χ0n) is 10.2. The average molecular weight is 228 g/mol. The Labute approximate surface area is 96.1 Å². The molecule has 92 valence electrons. The Morgan fingerprint density at radius 2 is 2.38 bits per heavy atom. The molecule has 0 bridgehead atoms. The van der Waals surface area contributed by atoms with E-state index in [2.05, 4.69) is 17.2 Å². The van der Waals surface area contributed by atoms with Gasteiger partial charge in [-0.25, -0.2) is 0 Å². The molecule has 1 N–H and O–H groups in total. The number of nitrogens with one attached hydrogen (secondary N) is 1. The fourth-order valence-electron chi connectivity index (χ4n) is 1.26. The third-order valence-corrected chi connectivity index (χ3v) is 1.97. The van der Waals surface area contributed by atoms with Gasteiger partial charge in [-0.05, 0) is 19.9 Å². The van der Waals surface area contributed by atoms with E-state index in [0.29, 0.717) is 19.2 Å². The summed E-state index contributed by atoms with van der Waals surface area (Å²) in [5, 5.41) is 3.24. The molecule has 1 unspecified atom stereocenters. The average Bonchev–Trinajstić information content (AvgIpc) is 2.66. The fourth-order valence-corrected chi connectivity index (χ4v) is 1.26. The van der Waals surface area contributed by atoms with Crippen molar-refractivity contribution in [1.82, 2.24) is 10.3 Å². The monoisotopic (exact) mass is 228 g/mol. The third-order valence-electron chi connectivity index (χ3n) is 1.97. The molecule has 5 heteroatoms. The summed E-state index contributed by atoms with van der Waals surface area (Å²) < 4.78 is 15.5. The topological polar surface area (TPSA) is 56.5 Å². The molecule has 1 rings (SSSR count). The molecule has 0 amide bonds. The SMILES string of the molecule is CCCNCc1coc(OC(C)COC)n1. The first-order valence-corrected chi connectivity index (χ1v) is 5.57. The zero-order valence-corrected chi connectivity index (χ0v) is 10.2. The first-order chi connectivity index (χ1) is 7.76. The Morgan fingerprint density at radius 1 is 1.56 bits per heavy atom. The number of nitrogens with zero attached hydrogens (tertiary/aromatic N) is 1. The molecule has 0 aliphatic heterocycles. The Kier molecular flexibility index (Phi) is 5.88. The summed E-state index contributed by atoms with van der Waals surface area (Å²) in [5.74, 6) is 0. The summed E-state index contributed by atoms with van der Waals surface area (Å²) in [6.45, 7) is 6.23. The second kappa shape index (κ2) is 7.24. The quantitative estimate of drug-likeness (QED) is 0.685. The zero-order chi connectivity index (χ0) is 11.8. The first-order valence-electron chi connectivity index (χ1n) is 5.57. The van der Waals surface area contributed by atoms with E-state index in [-0.39, 0.29) is 6.10 Å². The number of methoxy groups -OCH3 is 1. The van der Waals surface area contributed by atoms with E-state index in [4.69, 9.17) is 13.9 Å². The lowest BCUT2D eigenvalue weighted by Crippen LogP contribution is -2.18.